The van der Waals surface area contributed by atoms with Crippen molar-refractivity contribution in [3.63, 3.8) is 0 Å². The minimum atomic E-state index is 0. The standard InChI is InChI=1S/C25H34N4O.HI/c1-3-30-23-13-16-28(17-14-23)25(26-2)27-18-20-8-10-21(11-9-20)19-29-15-12-22-6-4-5-7-24(22)29;/h4-11,23H,3,12-19H2,1-2H3,(H,26,27);1H. The molecule has 2 aromatic carbocycles. The molecule has 0 saturated carbocycles. The van der Waals surface area contributed by atoms with Crippen molar-refractivity contribution in [3.8, 4) is 0 Å². The zero-order chi connectivity index (χ0) is 20.8. The summed E-state index contributed by atoms with van der Waals surface area (Å²) in [5.74, 6) is 0.989. The average Bonchev–Trinajstić information content (AvgIpc) is 3.19. The van der Waals surface area contributed by atoms with Crippen LogP contribution >= 0.6 is 24.0 Å². The van der Waals surface area contributed by atoms with E-state index in [1.807, 2.05) is 7.05 Å². The molecule has 5 nitrogen and oxygen atoms in total. The number of piperidine rings is 1. The van der Waals surface area contributed by atoms with Gasteiger partial charge in [-0.05, 0) is 48.9 Å². The second-order valence-electron chi connectivity index (χ2n) is 8.16. The number of hydrogen-bond acceptors (Lipinski definition) is 3. The van der Waals surface area contributed by atoms with Crippen molar-refractivity contribution in [1.82, 2.24) is 10.2 Å². The lowest BCUT2D eigenvalue weighted by Gasteiger charge is -2.34. The van der Waals surface area contributed by atoms with Gasteiger partial charge in [-0.3, -0.25) is 4.99 Å². The van der Waals surface area contributed by atoms with E-state index < -0.39 is 0 Å². The van der Waals surface area contributed by atoms with E-state index >= 15 is 0 Å². The smallest absolute Gasteiger partial charge is 0.193 e. The van der Waals surface area contributed by atoms with Crippen LogP contribution in [0.2, 0.25) is 0 Å². The van der Waals surface area contributed by atoms with Crippen LogP contribution in [0.5, 0.6) is 0 Å². The molecule has 2 aliphatic rings. The van der Waals surface area contributed by atoms with Crippen LogP contribution in [-0.2, 0) is 24.2 Å². The van der Waals surface area contributed by atoms with Crippen LogP contribution in [0.25, 0.3) is 0 Å². The molecule has 6 heteroatoms. The highest BCUT2D eigenvalue weighted by Gasteiger charge is 2.21. The number of rotatable bonds is 6. The molecule has 2 heterocycles. The van der Waals surface area contributed by atoms with Gasteiger partial charge in [0.25, 0.3) is 0 Å². The average molecular weight is 534 g/mol. The monoisotopic (exact) mass is 534 g/mol. The summed E-state index contributed by atoms with van der Waals surface area (Å²) in [6.07, 6.45) is 3.70. The third-order valence-corrected chi connectivity index (χ3v) is 6.19. The van der Waals surface area contributed by atoms with E-state index in [9.17, 15) is 0 Å². The summed E-state index contributed by atoms with van der Waals surface area (Å²) in [6.45, 7) is 7.76. The second kappa shape index (κ2) is 11.7. The molecule has 0 aromatic heterocycles. The lowest BCUT2D eigenvalue weighted by atomic mass is 10.1. The Balaban J connectivity index is 0.00000272. The first-order valence-electron chi connectivity index (χ1n) is 11.2. The fraction of sp³-hybridized carbons (Fsp3) is 0.480. The number of halogens is 1. The van der Waals surface area contributed by atoms with Gasteiger partial charge in [0.1, 0.15) is 0 Å². The molecule has 0 unspecified atom stereocenters. The van der Waals surface area contributed by atoms with E-state index in [0.717, 1.165) is 64.6 Å². The minimum Gasteiger partial charge on any atom is -0.378 e. The zero-order valence-electron chi connectivity index (χ0n) is 18.7. The van der Waals surface area contributed by atoms with Crippen LogP contribution in [0.3, 0.4) is 0 Å². The molecule has 168 valence electrons. The highest BCUT2D eigenvalue weighted by atomic mass is 127. The molecule has 1 saturated heterocycles. The summed E-state index contributed by atoms with van der Waals surface area (Å²) < 4.78 is 5.76. The van der Waals surface area contributed by atoms with Gasteiger partial charge in [-0.2, -0.15) is 0 Å². The zero-order valence-corrected chi connectivity index (χ0v) is 21.0. The molecule has 0 radical (unpaired) electrons. The van der Waals surface area contributed by atoms with Gasteiger partial charge in [0.05, 0.1) is 6.10 Å². The van der Waals surface area contributed by atoms with Gasteiger partial charge < -0.3 is 19.9 Å². The Morgan fingerprint density at radius 2 is 1.74 bits per heavy atom. The van der Waals surface area contributed by atoms with Crippen LogP contribution in [0.1, 0.15) is 36.5 Å². The van der Waals surface area contributed by atoms with Gasteiger partial charge in [-0.25, -0.2) is 0 Å². The fourth-order valence-corrected chi connectivity index (χ4v) is 4.54. The number of guanidine groups is 1. The van der Waals surface area contributed by atoms with Gasteiger partial charge in [0.2, 0.25) is 0 Å². The van der Waals surface area contributed by atoms with Crippen molar-refractivity contribution in [2.45, 2.75) is 45.4 Å². The number of benzene rings is 2. The Hall–Kier alpha value is -1.80. The SMILES string of the molecule is CCOC1CCN(C(=NC)NCc2ccc(CN3CCc4ccccc43)cc2)CC1.I. The van der Waals surface area contributed by atoms with Gasteiger partial charge >= 0.3 is 0 Å². The molecule has 1 N–H and O–H groups in total. The number of fused-ring (bicyclic) bond motifs is 1. The van der Waals surface area contributed by atoms with Crippen molar-refractivity contribution >= 4 is 35.6 Å². The maximum absolute atomic E-state index is 5.76. The van der Waals surface area contributed by atoms with E-state index in [1.165, 1.54) is 22.4 Å². The Morgan fingerprint density at radius 1 is 1.03 bits per heavy atom. The quantitative estimate of drug-likeness (QED) is 0.338. The number of nitrogens with zero attached hydrogens (tertiary/aromatic N) is 3. The maximum Gasteiger partial charge on any atom is 0.193 e. The van der Waals surface area contributed by atoms with Gasteiger partial charge in [0.15, 0.2) is 5.96 Å². The number of nitrogens with one attached hydrogen (secondary N) is 1. The summed E-state index contributed by atoms with van der Waals surface area (Å²) in [7, 11) is 1.87. The normalized spacial score (nSPS) is 16.8. The molecule has 0 atom stereocenters. The molecule has 0 aliphatic carbocycles. The summed E-state index contributed by atoms with van der Waals surface area (Å²) in [5.41, 5.74) is 5.50. The summed E-state index contributed by atoms with van der Waals surface area (Å²) in [4.78, 5) is 9.31. The fourth-order valence-electron chi connectivity index (χ4n) is 4.54. The number of aliphatic imine (C=N–C) groups is 1. The number of para-hydroxylation sites is 1. The van der Waals surface area contributed by atoms with E-state index in [0.29, 0.717) is 6.10 Å². The highest BCUT2D eigenvalue weighted by Crippen LogP contribution is 2.28. The number of hydrogen-bond donors (Lipinski definition) is 1. The number of anilines is 1. The predicted molar refractivity (Wildman–Crippen MR) is 139 cm³/mol. The van der Waals surface area contributed by atoms with E-state index in [2.05, 4.69) is 75.6 Å². The lowest BCUT2D eigenvalue weighted by Crippen LogP contribution is -2.46. The van der Waals surface area contributed by atoms with Crippen LogP contribution in [0.15, 0.2) is 53.5 Å². The molecular weight excluding hydrogens is 499 g/mol. The Bertz CT molecular complexity index is 847. The highest BCUT2D eigenvalue weighted by molar-refractivity contribution is 14.0. The van der Waals surface area contributed by atoms with Crippen molar-refractivity contribution in [2.75, 3.05) is 38.2 Å². The molecule has 1 fully saturated rings. The van der Waals surface area contributed by atoms with Crippen molar-refractivity contribution in [1.29, 1.82) is 0 Å². The number of likely N-dealkylation sites (tertiary alicyclic amines) is 1. The Labute approximate surface area is 203 Å². The molecule has 0 amide bonds. The van der Waals surface area contributed by atoms with Crippen molar-refractivity contribution in [3.05, 3.63) is 65.2 Å². The largest absolute Gasteiger partial charge is 0.378 e. The van der Waals surface area contributed by atoms with Gasteiger partial charge in [0, 0.05) is 52.1 Å². The van der Waals surface area contributed by atoms with Crippen LogP contribution in [0.4, 0.5) is 5.69 Å². The second-order valence-corrected chi connectivity index (χ2v) is 8.16. The molecule has 2 aliphatic heterocycles. The van der Waals surface area contributed by atoms with Crippen molar-refractivity contribution < 1.29 is 4.74 Å². The summed E-state index contributed by atoms with van der Waals surface area (Å²) >= 11 is 0. The summed E-state index contributed by atoms with van der Waals surface area (Å²) in [6, 6.07) is 17.7. The third kappa shape index (κ3) is 6.13. The molecule has 2 aromatic rings. The van der Waals surface area contributed by atoms with Crippen LogP contribution in [-0.4, -0.2) is 50.3 Å². The topological polar surface area (TPSA) is 40.1 Å². The molecular formula is C25H35IN4O. The van der Waals surface area contributed by atoms with E-state index in [1.54, 1.807) is 0 Å². The molecule has 0 bridgehead atoms. The molecule has 0 spiro atoms. The van der Waals surface area contributed by atoms with Crippen LogP contribution in [0, 0.1) is 0 Å². The lowest BCUT2D eigenvalue weighted by molar-refractivity contribution is 0.0263. The van der Waals surface area contributed by atoms with Crippen LogP contribution < -0.4 is 10.2 Å². The first-order valence-corrected chi connectivity index (χ1v) is 11.2. The minimum absolute atomic E-state index is 0. The van der Waals surface area contributed by atoms with Crippen molar-refractivity contribution in [2.24, 2.45) is 4.99 Å². The first-order chi connectivity index (χ1) is 14.8. The summed E-state index contributed by atoms with van der Waals surface area (Å²) in [5, 5.41) is 3.53. The van der Waals surface area contributed by atoms with E-state index in [-0.39, 0.29) is 24.0 Å². The predicted octanol–water partition coefficient (Wildman–Crippen LogP) is 4.44. The van der Waals surface area contributed by atoms with E-state index in [4.69, 9.17) is 4.74 Å². The van der Waals surface area contributed by atoms with Gasteiger partial charge in [-0.1, -0.05) is 42.5 Å². The number of ether oxygens (including phenoxy) is 1. The molecule has 31 heavy (non-hydrogen) atoms. The maximum atomic E-state index is 5.76. The first kappa shape index (κ1) is 23.9. The molecule has 4 rings (SSSR count). The van der Waals surface area contributed by atoms with Gasteiger partial charge in [-0.15, -0.1) is 24.0 Å². The Morgan fingerprint density at radius 3 is 2.45 bits per heavy atom. The Kier molecular flexibility index (Phi) is 9.02. The third-order valence-electron chi connectivity index (χ3n) is 6.19.